The molecule has 0 bridgehead atoms. The Morgan fingerprint density at radius 3 is 2.79 bits per heavy atom. The fourth-order valence-corrected chi connectivity index (χ4v) is 2.19. The van der Waals surface area contributed by atoms with Crippen molar-refractivity contribution in [3.63, 3.8) is 0 Å². The highest BCUT2D eigenvalue weighted by molar-refractivity contribution is 9.10. The lowest BCUT2D eigenvalue weighted by Crippen LogP contribution is -1.99. The van der Waals surface area contributed by atoms with E-state index in [9.17, 15) is 9.18 Å². The van der Waals surface area contributed by atoms with Gasteiger partial charge in [0.2, 0.25) is 11.7 Å². The second-order valence-electron chi connectivity index (χ2n) is 4.01. The fourth-order valence-electron chi connectivity index (χ4n) is 1.73. The van der Waals surface area contributed by atoms with Crippen LogP contribution in [-0.4, -0.2) is 16.1 Å². The van der Waals surface area contributed by atoms with Crippen LogP contribution < -0.4 is 0 Å². The van der Waals surface area contributed by atoms with Crippen LogP contribution in [0.15, 0.2) is 27.1 Å². The van der Waals surface area contributed by atoms with Gasteiger partial charge in [-0.1, -0.05) is 29.3 Å². The van der Waals surface area contributed by atoms with Gasteiger partial charge in [0.25, 0.3) is 0 Å². The molecular weight excluding hydrogens is 317 g/mol. The Bertz CT molecular complexity index is 604. The molecule has 1 aromatic carbocycles. The predicted molar refractivity (Wildman–Crippen MR) is 70.6 cm³/mol. The summed E-state index contributed by atoms with van der Waals surface area (Å²) in [6.07, 6.45) is 1.25. The van der Waals surface area contributed by atoms with E-state index >= 15 is 0 Å². The lowest BCUT2D eigenvalue weighted by atomic mass is 10.2. The molecule has 0 radical (unpaired) electrons. The third kappa shape index (κ3) is 3.01. The number of rotatable bonds is 4. The molecule has 0 saturated heterocycles. The van der Waals surface area contributed by atoms with Gasteiger partial charge in [0.05, 0.1) is 5.69 Å². The summed E-state index contributed by atoms with van der Waals surface area (Å²) >= 11 is 3.17. The second kappa shape index (κ2) is 5.52. The predicted octanol–water partition coefficient (Wildman–Crippen LogP) is 3.89. The molecule has 0 unspecified atom stereocenters. The van der Waals surface area contributed by atoms with Crippen LogP contribution in [0.3, 0.4) is 0 Å². The van der Waals surface area contributed by atoms with E-state index in [2.05, 4.69) is 20.9 Å². The number of hydrogen-bond donors (Lipinski definition) is 1. The normalized spacial score (nSPS) is 10.7. The molecule has 1 N–H and O–H groups in total. The number of nitrogens with zero attached hydrogens (tertiary/aromatic N) is 1. The summed E-state index contributed by atoms with van der Waals surface area (Å²) in [6, 6.07) is 4.17. The van der Waals surface area contributed by atoms with Crippen molar-refractivity contribution < 1.29 is 18.7 Å². The molecule has 0 aliphatic heterocycles. The highest BCUT2D eigenvalue weighted by atomic mass is 79.9. The van der Waals surface area contributed by atoms with Crippen LogP contribution in [0.4, 0.5) is 4.39 Å². The molecule has 2 rings (SSSR count). The third-order valence-electron chi connectivity index (χ3n) is 2.49. The Morgan fingerprint density at radius 2 is 2.21 bits per heavy atom. The molecule has 19 heavy (non-hydrogen) atoms. The van der Waals surface area contributed by atoms with Crippen molar-refractivity contribution in [1.82, 2.24) is 4.98 Å². The van der Waals surface area contributed by atoms with Gasteiger partial charge >= 0.3 is 5.97 Å². The van der Waals surface area contributed by atoms with Crippen LogP contribution in [0.5, 0.6) is 0 Å². The number of aromatic carboxylic acids is 1. The number of carboxylic acid groups (broad SMARTS) is 1. The lowest BCUT2D eigenvalue weighted by molar-refractivity contribution is 0.0661. The number of aryl methyl sites for hydroxylation is 1. The van der Waals surface area contributed by atoms with Crippen LogP contribution >= 0.6 is 15.9 Å². The van der Waals surface area contributed by atoms with E-state index in [0.29, 0.717) is 22.2 Å². The molecule has 1 aromatic heterocycles. The SMILES string of the molecule is CCCc1nc(-c2cc(F)cc(Br)c2)oc1C(=O)O. The molecule has 6 heteroatoms. The van der Waals surface area contributed by atoms with Crippen LogP contribution in [0, 0.1) is 5.82 Å². The van der Waals surface area contributed by atoms with Crippen molar-refractivity contribution in [3.05, 3.63) is 39.9 Å². The van der Waals surface area contributed by atoms with Gasteiger partial charge in [0.1, 0.15) is 5.82 Å². The van der Waals surface area contributed by atoms with E-state index < -0.39 is 11.8 Å². The number of oxazole rings is 1. The fraction of sp³-hybridized carbons (Fsp3) is 0.231. The first kappa shape index (κ1) is 13.7. The monoisotopic (exact) mass is 327 g/mol. The van der Waals surface area contributed by atoms with Crippen LogP contribution in [0.25, 0.3) is 11.5 Å². The lowest BCUT2D eigenvalue weighted by Gasteiger charge is -1.97. The Labute approximate surface area is 117 Å². The summed E-state index contributed by atoms with van der Waals surface area (Å²) in [5.74, 6) is -1.69. The van der Waals surface area contributed by atoms with Gasteiger partial charge in [-0.05, 0) is 24.6 Å². The van der Waals surface area contributed by atoms with E-state index in [0.717, 1.165) is 6.42 Å². The summed E-state index contributed by atoms with van der Waals surface area (Å²) in [6.45, 7) is 1.92. The summed E-state index contributed by atoms with van der Waals surface area (Å²) < 4.78 is 19.1. The van der Waals surface area contributed by atoms with E-state index in [1.54, 1.807) is 6.07 Å². The molecule has 0 aliphatic rings. The van der Waals surface area contributed by atoms with Gasteiger partial charge in [-0.2, -0.15) is 0 Å². The average Bonchev–Trinajstić information content (AvgIpc) is 2.72. The topological polar surface area (TPSA) is 63.3 Å². The Hall–Kier alpha value is -1.69. The zero-order chi connectivity index (χ0) is 14.0. The van der Waals surface area contributed by atoms with Gasteiger partial charge in [-0.25, -0.2) is 14.2 Å². The van der Waals surface area contributed by atoms with E-state index in [-0.39, 0.29) is 11.7 Å². The first-order valence-electron chi connectivity index (χ1n) is 5.70. The van der Waals surface area contributed by atoms with Crippen molar-refractivity contribution in [2.75, 3.05) is 0 Å². The second-order valence-corrected chi connectivity index (χ2v) is 4.92. The molecular formula is C13H11BrFNO3. The first-order chi connectivity index (χ1) is 9.01. The zero-order valence-electron chi connectivity index (χ0n) is 10.1. The average molecular weight is 328 g/mol. The number of carbonyl (C=O) groups is 1. The van der Waals surface area contributed by atoms with Gasteiger partial charge in [-0.15, -0.1) is 0 Å². The maximum atomic E-state index is 13.3. The maximum absolute atomic E-state index is 13.3. The standard InChI is InChI=1S/C13H11BrFNO3/c1-2-3-10-11(13(17)18)19-12(16-10)7-4-8(14)6-9(15)5-7/h4-6H,2-3H2,1H3,(H,17,18). The van der Waals surface area contributed by atoms with Crippen LogP contribution in [-0.2, 0) is 6.42 Å². The summed E-state index contributed by atoms with van der Waals surface area (Å²) in [5.41, 5.74) is 0.780. The molecule has 1 heterocycles. The Balaban J connectivity index is 2.50. The summed E-state index contributed by atoms with van der Waals surface area (Å²) in [5, 5.41) is 9.04. The highest BCUT2D eigenvalue weighted by Gasteiger charge is 2.20. The first-order valence-corrected chi connectivity index (χ1v) is 6.50. The molecule has 2 aromatic rings. The maximum Gasteiger partial charge on any atom is 0.373 e. The minimum Gasteiger partial charge on any atom is -0.475 e. The Kier molecular flexibility index (Phi) is 3.99. The van der Waals surface area contributed by atoms with E-state index in [1.807, 2.05) is 6.92 Å². The third-order valence-corrected chi connectivity index (χ3v) is 2.95. The van der Waals surface area contributed by atoms with Crippen molar-refractivity contribution in [1.29, 1.82) is 0 Å². The minimum atomic E-state index is -1.17. The molecule has 0 atom stereocenters. The summed E-state index contributed by atoms with van der Waals surface area (Å²) in [7, 11) is 0. The Morgan fingerprint density at radius 1 is 1.47 bits per heavy atom. The smallest absolute Gasteiger partial charge is 0.373 e. The number of carboxylic acids is 1. The van der Waals surface area contributed by atoms with E-state index in [4.69, 9.17) is 9.52 Å². The van der Waals surface area contributed by atoms with Gasteiger partial charge < -0.3 is 9.52 Å². The number of halogens is 2. The molecule has 100 valence electrons. The zero-order valence-corrected chi connectivity index (χ0v) is 11.7. The molecule has 0 amide bonds. The van der Waals surface area contributed by atoms with Gasteiger partial charge in [-0.3, -0.25) is 0 Å². The summed E-state index contributed by atoms with van der Waals surface area (Å²) in [4.78, 5) is 15.2. The van der Waals surface area contributed by atoms with Crippen molar-refractivity contribution in [3.8, 4) is 11.5 Å². The van der Waals surface area contributed by atoms with Gasteiger partial charge in [0, 0.05) is 10.0 Å². The van der Waals surface area contributed by atoms with Crippen LogP contribution in [0.2, 0.25) is 0 Å². The molecule has 0 spiro atoms. The van der Waals surface area contributed by atoms with Crippen LogP contribution in [0.1, 0.15) is 29.6 Å². The van der Waals surface area contributed by atoms with Crippen molar-refractivity contribution >= 4 is 21.9 Å². The molecule has 0 fully saturated rings. The minimum absolute atomic E-state index is 0.112. The highest BCUT2D eigenvalue weighted by Crippen LogP contribution is 2.26. The van der Waals surface area contributed by atoms with Crippen molar-refractivity contribution in [2.45, 2.75) is 19.8 Å². The largest absolute Gasteiger partial charge is 0.475 e. The number of aromatic nitrogens is 1. The van der Waals surface area contributed by atoms with E-state index in [1.165, 1.54) is 12.1 Å². The number of benzene rings is 1. The molecule has 0 saturated carbocycles. The van der Waals surface area contributed by atoms with Gasteiger partial charge in [0.15, 0.2) is 0 Å². The number of hydrogen-bond acceptors (Lipinski definition) is 3. The van der Waals surface area contributed by atoms with Crippen molar-refractivity contribution in [2.24, 2.45) is 0 Å². The molecule has 4 nitrogen and oxygen atoms in total. The molecule has 0 aliphatic carbocycles. The quantitative estimate of drug-likeness (QED) is 0.925.